The second-order valence-corrected chi connectivity index (χ2v) is 14.2. The second-order valence-electron chi connectivity index (χ2n) is 9.36. The second kappa shape index (κ2) is 13.1. The molecular formula is C30H22F9O3PS. The molecule has 0 radical (unpaired) electrons. The molecule has 0 aliphatic heterocycles. The molecule has 0 atom stereocenters. The molecule has 3 nitrogen and oxygen atoms in total. The van der Waals surface area contributed by atoms with Crippen molar-refractivity contribution in [1.29, 1.82) is 0 Å². The van der Waals surface area contributed by atoms with E-state index in [1.165, 1.54) is 30.9 Å². The molecule has 14 heteroatoms. The molecular weight excluding hydrogens is 642 g/mol. The highest BCUT2D eigenvalue weighted by Gasteiger charge is 2.45. The van der Waals surface area contributed by atoms with Crippen molar-refractivity contribution in [3.63, 3.8) is 0 Å². The third kappa shape index (κ3) is 9.17. The average molecular weight is 665 g/mol. The van der Waals surface area contributed by atoms with Crippen molar-refractivity contribution in [2.24, 2.45) is 0 Å². The van der Waals surface area contributed by atoms with Gasteiger partial charge in [-0.2, -0.15) is 39.5 Å². The Labute approximate surface area is 247 Å². The third-order valence-corrected chi connectivity index (χ3v) is 10.7. The van der Waals surface area contributed by atoms with E-state index in [0.717, 1.165) is 54.6 Å². The molecule has 4 aromatic rings. The zero-order valence-electron chi connectivity index (χ0n) is 22.5. The van der Waals surface area contributed by atoms with Crippen molar-refractivity contribution >= 4 is 39.4 Å². The number of rotatable bonds is 5. The van der Waals surface area contributed by atoms with Crippen LogP contribution in [0, 0.1) is 0 Å². The van der Waals surface area contributed by atoms with Gasteiger partial charge < -0.3 is 4.55 Å². The smallest absolute Gasteiger partial charge is 0.416 e. The van der Waals surface area contributed by atoms with Gasteiger partial charge in [0.1, 0.15) is 33.3 Å². The van der Waals surface area contributed by atoms with Crippen LogP contribution in [0.4, 0.5) is 39.5 Å². The zero-order valence-corrected chi connectivity index (χ0v) is 24.2. The highest BCUT2D eigenvalue weighted by atomic mass is 32.2. The van der Waals surface area contributed by atoms with Crippen molar-refractivity contribution < 1.29 is 52.5 Å². The van der Waals surface area contributed by atoms with Crippen LogP contribution in [0.3, 0.4) is 0 Å². The van der Waals surface area contributed by atoms with Gasteiger partial charge in [-0.25, -0.2) is 8.42 Å². The normalized spacial score (nSPS) is 13.0. The van der Waals surface area contributed by atoms with Gasteiger partial charge >= 0.3 is 18.5 Å². The fourth-order valence-corrected chi connectivity index (χ4v) is 7.62. The number of halogens is 9. The summed E-state index contributed by atoms with van der Waals surface area (Å²) >= 11 is 0. The van der Waals surface area contributed by atoms with Crippen LogP contribution in [-0.4, -0.2) is 19.6 Å². The van der Waals surface area contributed by atoms with Crippen LogP contribution in [-0.2, 0) is 28.6 Å². The first kappa shape index (κ1) is 34.8. The van der Waals surface area contributed by atoms with E-state index in [2.05, 4.69) is 0 Å². The lowest BCUT2D eigenvalue weighted by atomic mass is 10.2. The molecule has 0 saturated heterocycles. The Hall–Kier alpha value is -3.67. The van der Waals surface area contributed by atoms with Gasteiger partial charge in [0.25, 0.3) is 0 Å². The highest BCUT2D eigenvalue weighted by molar-refractivity contribution is 7.95. The predicted octanol–water partition coefficient (Wildman–Crippen LogP) is 7.87. The minimum absolute atomic E-state index is 0.00553. The Morgan fingerprint density at radius 1 is 0.568 bits per heavy atom. The molecule has 0 aromatic heterocycles. The highest BCUT2D eigenvalue weighted by Crippen LogP contribution is 2.53. The van der Waals surface area contributed by atoms with Crippen LogP contribution >= 0.6 is 7.26 Å². The third-order valence-electron chi connectivity index (χ3n) is 6.30. The summed E-state index contributed by atoms with van der Waals surface area (Å²) in [5.74, 6) is 0. The average Bonchev–Trinajstić information content (AvgIpc) is 2.95. The van der Waals surface area contributed by atoms with Gasteiger partial charge in [0.15, 0.2) is 0 Å². The van der Waals surface area contributed by atoms with E-state index >= 15 is 0 Å². The minimum atomic E-state index is -4.73. The van der Waals surface area contributed by atoms with E-state index in [1.807, 2.05) is 6.07 Å². The molecule has 0 saturated carbocycles. The largest absolute Gasteiger partial charge is 0.744 e. The van der Waals surface area contributed by atoms with Crippen molar-refractivity contribution in [2.75, 3.05) is 6.66 Å². The quantitative estimate of drug-likeness (QED) is 0.124. The van der Waals surface area contributed by atoms with E-state index < -0.39 is 52.6 Å². The fourth-order valence-electron chi connectivity index (χ4n) is 4.05. The van der Waals surface area contributed by atoms with Gasteiger partial charge in [-0.3, -0.25) is 0 Å². The van der Waals surface area contributed by atoms with E-state index in [4.69, 9.17) is 0 Å². The molecule has 4 aromatic carbocycles. The Morgan fingerprint density at radius 3 is 1.20 bits per heavy atom. The van der Waals surface area contributed by atoms with Gasteiger partial charge in [-0.1, -0.05) is 48.5 Å². The van der Waals surface area contributed by atoms with Gasteiger partial charge in [-0.15, -0.1) is 0 Å². The molecule has 0 amide bonds. The molecule has 0 spiro atoms. The molecule has 234 valence electrons. The van der Waals surface area contributed by atoms with E-state index in [9.17, 15) is 52.5 Å². The SMILES string of the molecule is C[P+](c1cccc(C(F)(F)F)c1)(c1cccc(C(F)(F)F)c1)c1cccc(C(F)(F)F)c1.O=S(=O)([O-])C=Cc1ccccc1. The fraction of sp³-hybridized carbons (Fsp3) is 0.133. The lowest BCUT2D eigenvalue weighted by molar-refractivity contribution is -0.138. The molecule has 0 N–H and O–H groups in total. The Bertz CT molecular complexity index is 1570. The molecule has 4 rings (SSSR count). The summed E-state index contributed by atoms with van der Waals surface area (Å²) in [6, 6.07) is 20.7. The van der Waals surface area contributed by atoms with E-state index in [1.54, 1.807) is 24.3 Å². The minimum Gasteiger partial charge on any atom is -0.744 e. The maximum atomic E-state index is 13.3. The van der Waals surface area contributed by atoms with Crippen molar-refractivity contribution in [1.82, 2.24) is 0 Å². The van der Waals surface area contributed by atoms with Crippen molar-refractivity contribution in [2.45, 2.75) is 18.5 Å². The molecule has 44 heavy (non-hydrogen) atoms. The summed E-state index contributed by atoms with van der Waals surface area (Å²) in [4.78, 5) is 0. The van der Waals surface area contributed by atoms with Gasteiger partial charge in [-0.05, 0) is 66.2 Å². The maximum absolute atomic E-state index is 13.3. The predicted molar refractivity (Wildman–Crippen MR) is 151 cm³/mol. The molecule has 0 fully saturated rings. The van der Waals surface area contributed by atoms with Gasteiger partial charge in [0.2, 0.25) is 0 Å². The van der Waals surface area contributed by atoms with Crippen LogP contribution < -0.4 is 15.9 Å². The van der Waals surface area contributed by atoms with E-state index in [0.29, 0.717) is 11.0 Å². The van der Waals surface area contributed by atoms with Crippen LogP contribution in [0.25, 0.3) is 6.08 Å². The molecule has 0 heterocycles. The van der Waals surface area contributed by atoms with Crippen LogP contribution in [0.15, 0.2) is 109 Å². The zero-order chi connectivity index (χ0) is 33.0. The first-order valence-electron chi connectivity index (χ1n) is 12.3. The Morgan fingerprint density at radius 2 is 0.909 bits per heavy atom. The number of alkyl halides is 9. The summed E-state index contributed by atoms with van der Waals surface area (Å²) in [6.07, 6.45) is -12.9. The Balaban J connectivity index is 0.000000369. The topological polar surface area (TPSA) is 57.2 Å². The lowest BCUT2D eigenvalue weighted by Gasteiger charge is -2.25. The van der Waals surface area contributed by atoms with Crippen LogP contribution in [0.1, 0.15) is 22.3 Å². The van der Waals surface area contributed by atoms with Crippen molar-refractivity contribution in [3.8, 4) is 0 Å². The summed E-state index contributed by atoms with van der Waals surface area (Å²) in [7, 11) is -7.57. The van der Waals surface area contributed by atoms with Crippen LogP contribution in [0.5, 0.6) is 0 Å². The molecule has 0 bridgehead atoms. The summed E-state index contributed by atoms with van der Waals surface area (Å²) in [5, 5.41) is 0.658. The number of hydrogen-bond acceptors (Lipinski definition) is 3. The standard InChI is InChI=1S/C22H15F9P.C8H8O3S/c1-32(17-8-2-5-14(11-17)20(23,24)25,18-9-3-6-15(12-18)21(26,27)28)19-10-4-7-16(13-19)22(29,30)31;9-12(10,11)7-6-8-4-2-1-3-5-8/h2-13H,1H3;1-7H,(H,9,10,11)/q+1;/p-1. The molecule has 0 aliphatic rings. The Kier molecular flexibility index (Phi) is 10.4. The summed E-state index contributed by atoms with van der Waals surface area (Å²) < 4.78 is 150. The first-order chi connectivity index (χ1) is 20.2. The molecule has 0 aliphatic carbocycles. The van der Waals surface area contributed by atoms with E-state index in [-0.39, 0.29) is 15.9 Å². The lowest BCUT2D eigenvalue weighted by Crippen LogP contribution is -2.32. The van der Waals surface area contributed by atoms with Crippen LogP contribution in [0.2, 0.25) is 0 Å². The van der Waals surface area contributed by atoms with Crippen molar-refractivity contribution in [3.05, 3.63) is 131 Å². The van der Waals surface area contributed by atoms with Gasteiger partial charge in [0.05, 0.1) is 23.4 Å². The first-order valence-corrected chi connectivity index (χ1v) is 16.0. The maximum Gasteiger partial charge on any atom is 0.416 e. The summed E-state index contributed by atoms with van der Waals surface area (Å²) in [5.41, 5.74) is -2.43. The monoisotopic (exact) mass is 664 g/mol. The summed E-state index contributed by atoms with van der Waals surface area (Å²) in [6.45, 7) is 1.41. The number of hydrogen-bond donors (Lipinski definition) is 0. The van der Waals surface area contributed by atoms with Gasteiger partial charge in [0, 0.05) is 5.41 Å². The molecule has 0 unspecified atom stereocenters. The number of benzene rings is 4.